The van der Waals surface area contributed by atoms with E-state index in [9.17, 15) is 5.11 Å². The normalized spacial score (nSPS) is 21.3. The van der Waals surface area contributed by atoms with E-state index in [0.717, 1.165) is 12.8 Å². The predicted octanol–water partition coefficient (Wildman–Crippen LogP) is 1.54. The molecule has 1 heterocycles. The number of nitrogens with one attached hydrogen (secondary N) is 1. The lowest BCUT2D eigenvalue weighted by Gasteiger charge is -2.37. The molecule has 0 amide bonds. The number of likely N-dealkylation sites (N-methyl/N-ethyl adjacent to an activating group) is 1. The van der Waals surface area contributed by atoms with Crippen molar-refractivity contribution in [2.24, 2.45) is 0 Å². The van der Waals surface area contributed by atoms with Gasteiger partial charge in [-0.3, -0.25) is 0 Å². The van der Waals surface area contributed by atoms with Gasteiger partial charge in [0, 0.05) is 37.8 Å². The number of aliphatic hydroxyl groups is 1. The topological polar surface area (TPSA) is 38.7 Å². The molecule has 0 aromatic carbocycles. The highest BCUT2D eigenvalue weighted by molar-refractivity contribution is 4.88. The summed E-state index contributed by atoms with van der Waals surface area (Å²) in [7, 11) is 0. The summed E-state index contributed by atoms with van der Waals surface area (Å²) in [6.45, 7) is 16.1. The summed E-state index contributed by atoms with van der Waals surface area (Å²) in [5.74, 6) is 0. The first-order valence-corrected chi connectivity index (χ1v) is 8.38. The zero-order chi connectivity index (χ0) is 15.0. The van der Waals surface area contributed by atoms with Crippen molar-refractivity contribution in [3.63, 3.8) is 0 Å². The Hall–Kier alpha value is -0.160. The summed E-state index contributed by atoms with van der Waals surface area (Å²) in [6.07, 6.45) is 3.22. The summed E-state index contributed by atoms with van der Waals surface area (Å²) >= 11 is 0. The molecule has 1 rings (SSSR count). The molecule has 2 N–H and O–H groups in total. The number of hydrogen-bond donors (Lipinski definition) is 2. The van der Waals surface area contributed by atoms with Crippen molar-refractivity contribution in [3.8, 4) is 0 Å². The highest BCUT2D eigenvalue weighted by Crippen LogP contribution is 2.18. The minimum absolute atomic E-state index is 0.0839. The minimum atomic E-state index is -0.0839. The van der Waals surface area contributed by atoms with Crippen LogP contribution < -0.4 is 5.32 Å². The van der Waals surface area contributed by atoms with Crippen LogP contribution in [0.25, 0.3) is 0 Å². The minimum Gasteiger partial charge on any atom is -0.394 e. The van der Waals surface area contributed by atoms with Gasteiger partial charge in [-0.2, -0.15) is 0 Å². The zero-order valence-corrected chi connectivity index (χ0v) is 14.0. The van der Waals surface area contributed by atoms with Crippen molar-refractivity contribution in [1.29, 1.82) is 0 Å². The average Bonchev–Trinajstić information content (AvgIpc) is 2.46. The van der Waals surface area contributed by atoms with E-state index in [1.165, 1.54) is 45.7 Å². The number of nitrogens with zero attached hydrogens (tertiary/aromatic N) is 2. The van der Waals surface area contributed by atoms with Crippen LogP contribution in [0.1, 0.15) is 47.0 Å². The predicted molar refractivity (Wildman–Crippen MR) is 86.2 cm³/mol. The maximum absolute atomic E-state index is 9.75. The Balaban J connectivity index is 2.30. The standard InChI is InChI=1S/C16H35N3O/c1-5-16(14-20,17-15(3)4)8-7-9-19-12-10-18(6-2)11-13-19/h15,17,20H,5-14H2,1-4H3. The van der Waals surface area contributed by atoms with E-state index < -0.39 is 0 Å². The number of aliphatic hydroxyl groups excluding tert-OH is 1. The smallest absolute Gasteiger partial charge is 0.0613 e. The summed E-state index contributed by atoms with van der Waals surface area (Å²) < 4.78 is 0. The number of hydrogen-bond acceptors (Lipinski definition) is 4. The van der Waals surface area contributed by atoms with E-state index in [1.54, 1.807) is 0 Å². The molecule has 0 spiro atoms. The van der Waals surface area contributed by atoms with Gasteiger partial charge < -0.3 is 20.2 Å². The van der Waals surface area contributed by atoms with Crippen molar-refractivity contribution in [2.45, 2.75) is 58.5 Å². The summed E-state index contributed by atoms with van der Waals surface area (Å²) in [5.41, 5.74) is -0.0839. The van der Waals surface area contributed by atoms with Crippen molar-refractivity contribution < 1.29 is 5.11 Å². The van der Waals surface area contributed by atoms with Crippen LogP contribution in [-0.4, -0.2) is 72.4 Å². The third kappa shape index (κ3) is 5.68. The van der Waals surface area contributed by atoms with Crippen molar-refractivity contribution in [1.82, 2.24) is 15.1 Å². The van der Waals surface area contributed by atoms with Crippen molar-refractivity contribution >= 4 is 0 Å². The van der Waals surface area contributed by atoms with Gasteiger partial charge in [-0.15, -0.1) is 0 Å². The molecule has 0 aromatic rings. The molecule has 1 fully saturated rings. The highest BCUT2D eigenvalue weighted by atomic mass is 16.3. The Morgan fingerprint density at radius 3 is 2.15 bits per heavy atom. The maximum Gasteiger partial charge on any atom is 0.0613 e. The molecule has 1 aliphatic rings. The van der Waals surface area contributed by atoms with Gasteiger partial charge in [0.1, 0.15) is 0 Å². The zero-order valence-electron chi connectivity index (χ0n) is 14.0. The molecule has 0 radical (unpaired) electrons. The first kappa shape index (κ1) is 17.9. The molecule has 1 unspecified atom stereocenters. The molecule has 4 heteroatoms. The fourth-order valence-electron chi connectivity index (χ4n) is 3.17. The van der Waals surface area contributed by atoms with Gasteiger partial charge in [0.2, 0.25) is 0 Å². The van der Waals surface area contributed by atoms with Gasteiger partial charge in [0.25, 0.3) is 0 Å². The first-order chi connectivity index (χ1) is 9.55. The Morgan fingerprint density at radius 2 is 1.70 bits per heavy atom. The molecule has 1 aliphatic heterocycles. The first-order valence-electron chi connectivity index (χ1n) is 8.38. The van der Waals surface area contributed by atoms with Gasteiger partial charge in [0.15, 0.2) is 0 Å². The average molecular weight is 285 g/mol. The second-order valence-corrected chi connectivity index (χ2v) is 6.47. The van der Waals surface area contributed by atoms with Crippen LogP contribution in [0.15, 0.2) is 0 Å². The van der Waals surface area contributed by atoms with Crippen LogP contribution in [0, 0.1) is 0 Å². The largest absolute Gasteiger partial charge is 0.394 e. The van der Waals surface area contributed by atoms with Gasteiger partial charge in [0.05, 0.1) is 6.61 Å². The molecular weight excluding hydrogens is 250 g/mol. The van der Waals surface area contributed by atoms with Gasteiger partial charge in [-0.1, -0.05) is 27.7 Å². The van der Waals surface area contributed by atoms with Crippen molar-refractivity contribution in [3.05, 3.63) is 0 Å². The lowest BCUT2D eigenvalue weighted by atomic mass is 9.90. The highest BCUT2D eigenvalue weighted by Gasteiger charge is 2.27. The van der Waals surface area contributed by atoms with Crippen LogP contribution in [0.2, 0.25) is 0 Å². The monoisotopic (exact) mass is 285 g/mol. The molecule has 0 aliphatic carbocycles. The summed E-state index contributed by atoms with van der Waals surface area (Å²) in [5, 5.41) is 13.3. The molecule has 1 atom stereocenters. The van der Waals surface area contributed by atoms with Crippen LogP contribution in [-0.2, 0) is 0 Å². The molecule has 0 bridgehead atoms. The quantitative estimate of drug-likeness (QED) is 0.674. The molecule has 0 saturated carbocycles. The van der Waals surface area contributed by atoms with Crippen LogP contribution in [0.3, 0.4) is 0 Å². The van der Waals surface area contributed by atoms with Gasteiger partial charge in [-0.25, -0.2) is 0 Å². The fourth-order valence-corrected chi connectivity index (χ4v) is 3.17. The van der Waals surface area contributed by atoms with Gasteiger partial charge in [-0.05, 0) is 32.4 Å². The Labute approximate surface area is 125 Å². The summed E-state index contributed by atoms with van der Waals surface area (Å²) in [4.78, 5) is 5.08. The van der Waals surface area contributed by atoms with Crippen LogP contribution >= 0.6 is 0 Å². The molecule has 0 aromatic heterocycles. The molecule has 4 nitrogen and oxygen atoms in total. The van der Waals surface area contributed by atoms with E-state index in [-0.39, 0.29) is 12.1 Å². The van der Waals surface area contributed by atoms with Crippen LogP contribution in [0.5, 0.6) is 0 Å². The van der Waals surface area contributed by atoms with E-state index >= 15 is 0 Å². The second-order valence-electron chi connectivity index (χ2n) is 6.47. The fraction of sp³-hybridized carbons (Fsp3) is 1.00. The Kier molecular flexibility index (Phi) is 8.03. The Morgan fingerprint density at radius 1 is 1.10 bits per heavy atom. The third-order valence-corrected chi connectivity index (χ3v) is 4.62. The number of piperazine rings is 1. The van der Waals surface area contributed by atoms with E-state index in [0.29, 0.717) is 6.04 Å². The van der Waals surface area contributed by atoms with E-state index in [4.69, 9.17) is 0 Å². The SMILES string of the molecule is CCN1CCN(CCCC(CC)(CO)NC(C)C)CC1. The van der Waals surface area contributed by atoms with E-state index in [1.807, 2.05) is 0 Å². The third-order valence-electron chi connectivity index (χ3n) is 4.62. The second kappa shape index (κ2) is 8.98. The maximum atomic E-state index is 9.75. The van der Waals surface area contributed by atoms with E-state index in [2.05, 4.69) is 42.8 Å². The lowest BCUT2D eigenvalue weighted by Crippen LogP contribution is -2.52. The van der Waals surface area contributed by atoms with Crippen LogP contribution in [0.4, 0.5) is 0 Å². The Bertz CT molecular complexity index is 246. The summed E-state index contributed by atoms with van der Waals surface area (Å²) in [6, 6.07) is 0.426. The molecule has 1 saturated heterocycles. The number of rotatable bonds is 9. The molecular formula is C16H35N3O. The molecule has 20 heavy (non-hydrogen) atoms. The van der Waals surface area contributed by atoms with Crippen molar-refractivity contribution in [2.75, 3.05) is 45.9 Å². The lowest BCUT2D eigenvalue weighted by molar-refractivity contribution is 0.113. The van der Waals surface area contributed by atoms with Gasteiger partial charge >= 0.3 is 0 Å². The molecule has 120 valence electrons.